The number of rotatable bonds is 5. The molecule has 0 saturated heterocycles. The number of hydrogen-bond donors (Lipinski definition) is 3. The smallest absolute Gasteiger partial charge is 0.328 e. The van der Waals surface area contributed by atoms with E-state index in [1.54, 1.807) is 12.3 Å². The third kappa shape index (κ3) is 6.87. The van der Waals surface area contributed by atoms with Gasteiger partial charge in [0.1, 0.15) is 4.90 Å². The summed E-state index contributed by atoms with van der Waals surface area (Å²) in [6, 6.07) is 1.30. The first-order valence-corrected chi connectivity index (χ1v) is 12.6. The van der Waals surface area contributed by atoms with E-state index in [0.29, 0.717) is 5.69 Å². The van der Waals surface area contributed by atoms with Gasteiger partial charge in [-0.25, -0.2) is 17.9 Å². The molecule has 0 bridgehead atoms. The highest BCUT2D eigenvalue weighted by atomic mass is 32.2. The van der Waals surface area contributed by atoms with Crippen molar-refractivity contribution in [3.05, 3.63) is 18.5 Å². The number of nitrogens with one attached hydrogen (secondary N) is 3. The lowest BCUT2D eigenvalue weighted by molar-refractivity contribution is 0.240. The van der Waals surface area contributed by atoms with Crippen LogP contribution in [0.25, 0.3) is 0 Å². The van der Waals surface area contributed by atoms with Gasteiger partial charge in [-0.2, -0.15) is 0 Å². The molecule has 2 aliphatic rings. The van der Waals surface area contributed by atoms with E-state index in [1.165, 1.54) is 38.3 Å². The molecule has 2 fully saturated rings. The van der Waals surface area contributed by atoms with Crippen LogP contribution >= 0.6 is 0 Å². The van der Waals surface area contributed by atoms with Crippen molar-refractivity contribution in [2.24, 2.45) is 0 Å². The van der Waals surface area contributed by atoms with Crippen LogP contribution in [0.5, 0.6) is 0 Å². The van der Waals surface area contributed by atoms with Crippen LogP contribution in [0.3, 0.4) is 0 Å². The minimum atomic E-state index is -4.00. The standard InChI is InChI=1S/C21H34N4O3S/c26-21(24-18-12-8-4-5-9-13-18)25-29(27,28)20-16-22-15-14-19(20)23-17-10-6-2-1-3-7-11-17/h14-18H,1-13H2,(H,22,23)(H2,24,25,26). The number of hydrogen-bond acceptors (Lipinski definition) is 5. The first-order valence-electron chi connectivity index (χ1n) is 11.1. The first kappa shape index (κ1) is 21.9. The topological polar surface area (TPSA) is 100 Å². The van der Waals surface area contributed by atoms with Crippen LogP contribution in [-0.2, 0) is 10.0 Å². The summed E-state index contributed by atoms with van der Waals surface area (Å²) in [5.41, 5.74) is 0.514. The Morgan fingerprint density at radius 1 is 0.862 bits per heavy atom. The molecule has 0 radical (unpaired) electrons. The van der Waals surface area contributed by atoms with Gasteiger partial charge in [0.2, 0.25) is 0 Å². The van der Waals surface area contributed by atoms with Crippen molar-refractivity contribution in [2.45, 2.75) is 100 Å². The molecule has 8 heteroatoms. The molecule has 2 amide bonds. The predicted molar refractivity (Wildman–Crippen MR) is 114 cm³/mol. The van der Waals surface area contributed by atoms with Gasteiger partial charge >= 0.3 is 6.03 Å². The van der Waals surface area contributed by atoms with Gasteiger partial charge in [-0.3, -0.25) is 4.98 Å². The SMILES string of the molecule is O=C(NC1CCCCCC1)NS(=O)(=O)c1cnccc1NC1CCCCCCC1. The minimum absolute atomic E-state index is 0.0260. The number of aromatic nitrogens is 1. The molecule has 0 atom stereocenters. The number of urea groups is 1. The molecule has 162 valence electrons. The van der Waals surface area contributed by atoms with E-state index in [2.05, 4.69) is 20.3 Å². The predicted octanol–water partition coefficient (Wildman–Crippen LogP) is 4.32. The van der Waals surface area contributed by atoms with Gasteiger partial charge in [0, 0.05) is 24.5 Å². The summed E-state index contributed by atoms with van der Waals surface area (Å²) in [4.78, 5) is 16.4. The second kappa shape index (κ2) is 10.8. The molecule has 0 unspecified atom stereocenters. The Morgan fingerprint density at radius 2 is 1.41 bits per heavy atom. The lowest BCUT2D eigenvalue weighted by Crippen LogP contribution is -2.44. The fourth-order valence-electron chi connectivity index (χ4n) is 4.35. The van der Waals surface area contributed by atoms with Crippen LogP contribution in [-0.4, -0.2) is 31.5 Å². The van der Waals surface area contributed by atoms with Gasteiger partial charge in [0.25, 0.3) is 10.0 Å². The third-order valence-electron chi connectivity index (χ3n) is 5.96. The molecule has 0 aliphatic heterocycles. The molecule has 3 rings (SSSR count). The van der Waals surface area contributed by atoms with Gasteiger partial charge in [-0.05, 0) is 31.7 Å². The van der Waals surface area contributed by atoms with E-state index in [-0.39, 0.29) is 17.0 Å². The maximum absolute atomic E-state index is 12.9. The van der Waals surface area contributed by atoms with E-state index in [0.717, 1.165) is 51.4 Å². The Kier molecular flexibility index (Phi) is 8.15. The summed E-state index contributed by atoms with van der Waals surface area (Å²) in [6.07, 6.45) is 17.2. The molecule has 1 aromatic heterocycles. The number of pyridine rings is 1. The lowest BCUT2D eigenvalue weighted by Gasteiger charge is -2.23. The number of sulfonamides is 1. The van der Waals surface area contributed by atoms with Gasteiger partial charge in [0.05, 0.1) is 5.69 Å². The minimum Gasteiger partial charge on any atom is -0.381 e. The van der Waals surface area contributed by atoms with Crippen molar-refractivity contribution >= 4 is 21.7 Å². The number of anilines is 1. The van der Waals surface area contributed by atoms with Crippen molar-refractivity contribution in [3.63, 3.8) is 0 Å². The summed E-state index contributed by atoms with van der Waals surface area (Å²) in [5.74, 6) is 0. The number of carbonyl (C=O) groups is 1. The average molecular weight is 423 g/mol. The third-order valence-corrected chi connectivity index (χ3v) is 7.31. The van der Waals surface area contributed by atoms with Gasteiger partial charge in [0.15, 0.2) is 0 Å². The van der Waals surface area contributed by atoms with Crippen molar-refractivity contribution in [2.75, 3.05) is 5.32 Å². The Balaban J connectivity index is 1.65. The molecule has 29 heavy (non-hydrogen) atoms. The van der Waals surface area contributed by atoms with Crippen molar-refractivity contribution in [1.29, 1.82) is 0 Å². The van der Waals surface area contributed by atoms with Crippen LogP contribution in [0.1, 0.15) is 83.5 Å². The summed E-state index contributed by atoms with van der Waals surface area (Å²) in [5, 5.41) is 6.23. The van der Waals surface area contributed by atoms with Crippen LogP contribution < -0.4 is 15.4 Å². The highest BCUT2D eigenvalue weighted by molar-refractivity contribution is 7.90. The highest BCUT2D eigenvalue weighted by Crippen LogP contribution is 2.25. The molecule has 1 aromatic rings. The summed E-state index contributed by atoms with van der Waals surface area (Å²) < 4.78 is 28.0. The van der Waals surface area contributed by atoms with Gasteiger partial charge in [-0.15, -0.1) is 0 Å². The van der Waals surface area contributed by atoms with E-state index in [4.69, 9.17) is 0 Å². The number of amides is 2. The summed E-state index contributed by atoms with van der Waals surface area (Å²) in [7, 11) is -4.00. The molecular weight excluding hydrogens is 388 g/mol. The van der Waals surface area contributed by atoms with Crippen LogP contribution in [0.2, 0.25) is 0 Å². The monoisotopic (exact) mass is 422 g/mol. The molecule has 0 spiro atoms. The van der Waals surface area contributed by atoms with Gasteiger partial charge in [-0.1, -0.05) is 57.8 Å². The summed E-state index contributed by atoms with van der Waals surface area (Å²) >= 11 is 0. The van der Waals surface area contributed by atoms with Crippen LogP contribution in [0.4, 0.5) is 10.5 Å². The normalized spacial score (nSPS) is 20.1. The van der Waals surface area contributed by atoms with Crippen molar-refractivity contribution < 1.29 is 13.2 Å². The average Bonchev–Trinajstić information content (AvgIpc) is 2.92. The highest BCUT2D eigenvalue weighted by Gasteiger charge is 2.24. The number of carbonyl (C=O) groups excluding carboxylic acids is 1. The van der Waals surface area contributed by atoms with Crippen molar-refractivity contribution in [3.8, 4) is 0 Å². The molecule has 3 N–H and O–H groups in total. The Labute approximate surface area is 174 Å². The quantitative estimate of drug-likeness (QED) is 0.614. The zero-order chi connectivity index (χ0) is 20.5. The Hall–Kier alpha value is -1.83. The lowest BCUT2D eigenvalue weighted by atomic mass is 9.96. The fraction of sp³-hybridized carbons (Fsp3) is 0.714. The summed E-state index contributed by atoms with van der Waals surface area (Å²) in [6.45, 7) is 0. The van der Waals surface area contributed by atoms with E-state index in [9.17, 15) is 13.2 Å². The van der Waals surface area contributed by atoms with E-state index in [1.807, 2.05) is 0 Å². The molecule has 0 aromatic carbocycles. The second-order valence-corrected chi connectivity index (χ2v) is 9.98. The van der Waals surface area contributed by atoms with Gasteiger partial charge < -0.3 is 10.6 Å². The molecular formula is C21H34N4O3S. The first-order chi connectivity index (χ1) is 14.0. The molecule has 2 saturated carbocycles. The Morgan fingerprint density at radius 3 is 2.03 bits per heavy atom. The molecule has 1 heterocycles. The fourth-order valence-corrected chi connectivity index (χ4v) is 5.38. The largest absolute Gasteiger partial charge is 0.381 e. The number of nitrogens with zero attached hydrogens (tertiary/aromatic N) is 1. The molecule has 7 nitrogen and oxygen atoms in total. The maximum atomic E-state index is 12.9. The van der Waals surface area contributed by atoms with Crippen LogP contribution in [0, 0.1) is 0 Å². The van der Waals surface area contributed by atoms with Crippen molar-refractivity contribution in [1.82, 2.24) is 15.0 Å². The van der Waals surface area contributed by atoms with E-state index < -0.39 is 16.1 Å². The molecule has 2 aliphatic carbocycles. The van der Waals surface area contributed by atoms with Crippen LogP contribution in [0.15, 0.2) is 23.4 Å². The zero-order valence-corrected chi connectivity index (χ0v) is 18.0. The zero-order valence-electron chi connectivity index (χ0n) is 17.2. The maximum Gasteiger partial charge on any atom is 0.328 e. The Bertz CT molecular complexity index is 753. The second-order valence-electron chi connectivity index (χ2n) is 8.33. The van der Waals surface area contributed by atoms with E-state index >= 15 is 0 Å².